The molecule has 1 aliphatic heterocycles. The van der Waals surface area contributed by atoms with E-state index in [2.05, 4.69) is 11.9 Å². The summed E-state index contributed by atoms with van der Waals surface area (Å²) < 4.78 is 0. The Bertz CT molecular complexity index is 334. The molecule has 1 heterocycles. The fourth-order valence-electron chi connectivity index (χ4n) is 2.41. The summed E-state index contributed by atoms with van der Waals surface area (Å²) >= 11 is 0. The van der Waals surface area contributed by atoms with E-state index in [-0.39, 0.29) is 6.03 Å². The number of piperidine rings is 1. The number of carboxylic acids is 1. The summed E-state index contributed by atoms with van der Waals surface area (Å²) in [6.45, 7) is 7.21. The lowest BCUT2D eigenvalue weighted by Crippen LogP contribution is -2.49. The smallest absolute Gasteiger partial charge is 0.317 e. The fourth-order valence-corrected chi connectivity index (χ4v) is 2.41. The predicted molar refractivity (Wildman–Crippen MR) is 74.0 cm³/mol. The summed E-state index contributed by atoms with van der Waals surface area (Å²) in [4.78, 5) is 24.9. The van der Waals surface area contributed by atoms with Crippen molar-refractivity contribution in [2.75, 3.05) is 19.6 Å². The van der Waals surface area contributed by atoms with Crippen LogP contribution in [0.5, 0.6) is 0 Å². The summed E-state index contributed by atoms with van der Waals surface area (Å²) in [7, 11) is 0. The number of carbonyl (C=O) groups is 2. The Kier molecular flexibility index (Phi) is 5.86. The summed E-state index contributed by atoms with van der Waals surface area (Å²) in [5, 5.41) is 12.1. The van der Waals surface area contributed by atoms with Crippen molar-refractivity contribution >= 4 is 12.0 Å². The van der Waals surface area contributed by atoms with Crippen LogP contribution in [0.15, 0.2) is 12.7 Å². The Morgan fingerprint density at radius 3 is 2.53 bits per heavy atom. The zero-order valence-electron chi connectivity index (χ0n) is 11.7. The minimum Gasteiger partial charge on any atom is -0.481 e. The molecule has 0 radical (unpaired) electrons. The van der Waals surface area contributed by atoms with Crippen molar-refractivity contribution in [3.05, 3.63) is 12.7 Å². The molecule has 19 heavy (non-hydrogen) atoms. The van der Waals surface area contributed by atoms with Gasteiger partial charge in [-0.3, -0.25) is 4.79 Å². The molecule has 5 heteroatoms. The zero-order chi connectivity index (χ0) is 14.3. The molecule has 0 spiro atoms. The van der Waals surface area contributed by atoms with Gasteiger partial charge in [0.15, 0.2) is 0 Å². The van der Waals surface area contributed by atoms with Crippen molar-refractivity contribution in [1.82, 2.24) is 10.2 Å². The van der Waals surface area contributed by atoms with Crippen molar-refractivity contribution in [2.24, 2.45) is 5.41 Å². The number of likely N-dealkylation sites (tertiary alicyclic amines) is 1. The minimum atomic E-state index is -0.735. The number of carboxylic acid groups (broad SMARTS) is 1. The molecule has 1 fully saturated rings. The quantitative estimate of drug-likeness (QED) is 0.573. The first kappa shape index (κ1) is 15.5. The van der Waals surface area contributed by atoms with Gasteiger partial charge in [-0.15, -0.1) is 6.58 Å². The first-order valence-corrected chi connectivity index (χ1v) is 6.93. The number of aliphatic carboxylic acids is 1. The average molecular weight is 268 g/mol. The molecule has 2 amide bonds. The molecule has 1 aliphatic rings. The number of allylic oxidation sites excluding steroid dienone is 1. The van der Waals surface area contributed by atoms with Gasteiger partial charge < -0.3 is 15.3 Å². The van der Waals surface area contributed by atoms with Gasteiger partial charge >= 0.3 is 12.0 Å². The number of hydrogen-bond donors (Lipinski definition) is 2. The van der Waals surface area contributed by atoms with Crippen molar-refractivity contribution in [3.8, 4) is 0 Å². The zero-order valence-corrected chi connectivity index (χ0v) is 11.7. The molecule has 5 nitrogen and oxygen atoms in total. The van der Waals surface area contributed by atoms with Crippen LogP contribution in [-0.4, -0.2) is 41.6 Å². The van der Waals surface area contributed by atoms with E-state index < -0.39 is 11.4 Å². The number of nitrogens with zero attached hydrogens (tertiary/aromatic N) is 1. The van der Waals surface area contributed by atoms with E-state index in [0.29, 0.717) is 38.9 Å². The Morgan fingerprint density at radius 2 is 2.05 bits per heavy atom. The van der Waals surface area contributed by atoms with Gasteiger partial charge in [-0.1, -0.05) is 13.0 Å². The topological polar surface area (TPSA) is 69.6 Å². The monoisotopic (exact) mass is 268 g/mol. The van der Waals surface area contributed by atoms with E-state index >= 15 is 0 Å². The van der Waals surface area contributed by atoms with E-state index in [1.807, 2.05) is 13.0 Å². The van der Waals surface area contributed by atoms with Gasteiger partial charge in [0.25, 0.3) is 0 Å². The highest BCUT2D eigenvalue weighted by molar-refractivity contribution is 5.77. The molecule has 0 atom stereocenters. The predicted octanol–water partition coefficient (Wildman–Crippen LogP) is 2.24. The van der Waals surface area contributed by atoms with E-state index in [4.69, 9.17) is 0 Å². The summed E-state index contributed by atoms with van der Waals surface area (Å²) in [6.07, 6.45) is 5.31. The van der Waals surface area contributed by atoms with Crippen LogP contribution < -0.4 is 5.32 Å². The van der Waals surface area contributed by atoms with Crippen molar-refractivity contribution in [1.29, 1.82) is 0 Å². The van der Waals surface area contributed by atoms with Gasteiger partial charge in [0.1, 0.15) is 0 Å². The highest BCUT2D eigenvalue weighted by atomic mass is 16.4. The molecule has 0 aromatic heterocycles. The summed E-state index contributed by atoms with van der Waals surface area (Å²) in [6, 6.07) is -0.0841. The first-order chi connectivity index (χ1) is 9.05. The van der Waals surface area contributed by atoms with Crippen LogP contribution in [0.2, 0.25) is 0 Å². The SMILES string of the molecule is C=CCCCNC(=O)N1CCC(CC)(C(=O)O)CC1. The number of rotatable bonds is 6. The number of amides is 2. The Hall–Kier alpha value is -1.52. The van der Waals surface area contributed by atoms with Crippen LogP contribution in [0.4, 0.5) is 4.79 Å². The largest absolute Gasteiger partial charge is 0.481 e. The molecule has 0 unspecified atom stereocenters. The number of hydrogen-bond acceptors (Lipinski definition) is 2. The van der Waals surface area contributed by atoms with Crippen LogP contribution in [0.1, 0.15) is 39.0 Å². The van der Waals surface area contributed by atoms with E-state index in [9.17, 15) is 14.7 Å². The van der Waals surface area contributed by atoms with Crippen LogP contribution in [0, 0.1) is 5.41 Å². The molecule has 108 valence electrons. The molecule has 1 saturated heterocycles. The molecule has 2 N–H and O–H groups in total. The lowest BCUT2D eigenvalue weighted by atomic mass is 9.76. The second-order valence-electron chi connectivity index (χ2n) is 5.09. The number of unbranched alkanes of at least 4 members (excludes halogenated alkanes) is 1. The van der Waals surface area contributed by atoms with Crippen molar-refractivity contribution < 1.29 is 14.7 Å². The van der Waals surface area contributed by atoms with Gasteiger partial charge in [0, 0.05) is 19.6 Å². The highest BCUT2D eigenvalue weighted by Crippen LogP contribution is 2.35. The molecule has 0 saturated carbocycles. The molecular formula is C14H24N2O3. The van der Waals surface area contributed by atoms with Crippen LogP contribution >= 0.6 is 0 Å². The maximum Gasteiger partial charge on any atom is 0.317 e. The molecule has 0 aromatic rings. The van der Waals surface area contributed by atoms with Crippen LogP contribution in [-0.2, 0) is 4.79 Å². The molecular weight excluding hydrogens is 244 g/mol. The van der Waals surface area contributed by atoms with Gasteiger partial charge in [-0.05, 0) is 32.1 Å². The number of carbonyl (C=O) groups excluding carboxylic acids is 1. The third-order valence-electron chi connectivity index (χ3n) is 4.00. The number of urea groups is 1. The van der Waals surface area contributed by atoms with Crippen LogP contribution in [0.25, 0.3) is 0 Å². The summed E-state index contributed by atoms with van der Waals surface area (Å²) in [5.74, 6) is -0.735. The van der Waals surface area contributed by atoms with Crippen LogP contribution in [0.3, 0.4) is 0 Å². The van der Waals surface area contributed by atoms with Gasteiger partial charge in [0.05, 0.1) is 5.41 Å². The maximum absolute atomic E-state index is 11.9. The number of nitrogens with one attached hydrogen (secondary N) is 1. The second-order valence-corrected chi connectivity index (χ2v) is 5.09. The first-order valence-electron chi connectivity index (χ1n) is 6.93. The van der Waals surface area contributed by atoms with Gasteiger partial charge in [-0.25, -0.2) is 4.79 Å². The lowest BCUT2D eigenvalue weighted by Gasteiger charge is -2.38. The second kappa shape index (κ2) is 7.16. The van der Waals surface area contributed by atoms with E-state index in [1.165, 1.54) is 0 Å². The van der Waals surface area contributed by atoms with E-state index in [0.717, 1.165) is 12.8 Å². The molecule has 0 aromatic carbocycles. The Morgan fingerprint density at radius 1 is 1.42 bits per heavy atom. The van der Waals surface area contributed by atoms with Crippen molar-refractivity contribution in [2.45, 2.75) is 39.0 Å². The Labute approximate surface area is 114 Å². The average Bonchev–Trinajstić information content (AvgIpc) is 2.43. The third-order valence-corrected chi connectivity index (χ3v) is 4.00. The highest BCUT2D eigenvalue weighted by Gasteiger charge is 2.40. The van der Waals surface area contributed by atoms with E-state index in [1.54, 1.807) is 4.90 Å². The normalized spacial score (nSPS) is 17.8. The fraction of sp³-hybridized carbons (Fsp3) is 0.714. The molecule has 0 aliphatic carbocycles. The lowest BCUT2D eigenvalue weighted by molar-refractivity contribution is -0.151. The van der Waals surface area contributed by atoms with Gasteiger partial charge in [0.2, 0.25) is 0 Å². The Balaban J connectivity index is 2.38. The summed E-state index contributed by atoms with van der Waals surface area (Å²) in [5.41, 5.74) is -0.639. The minimum absolute atomic E-state index is 0.0841. The maximum atomic E-state index is 11.9. The van der Waals surface area contributed by atoms with Crippen molar-refractivity contribution in [3.63, 3.8) is 0 Å². The third kappa shape index (κ3) is 3.98. The standard InChI is InChI=1S/C14H24N2O3/c1-3-5-6-9-15-13(19)16-10-7-14(4-2,8-11-16)12(17)18/h3H,1,4-11H2,2H3,(H,15,19)(H,17,18). The molecule has 0 bridgehead atoms. The molecule has 1 rings (SSSR count). The van der Waals surface area contributed by atoms with Gasteiger partial charge in [-0.2, -0.15) is 0 Å².